The number of hydrogen-bond donors (Lipinski definition) is 1. The molecule has 0 bridgehead atoms. The highest BCUT2D eigenvalue weighted by molar-refractivity contribution is 5.35. The van der Waals surface area contributed by atoms with Crippen molar-refractivity contribution in [3.8, 4) is 5.75 Å². The van der Waals surface area contributed by atoms with Crippen molar-refractivity contribution in [2.45, 2.75) is 37.9 Å². The highest BCUT2D eigenvalue weighted by Crippen LogP contribution is 2.33. The van der Waals surface area contributed by atoms with E-state index >= 15 is 0 Å². The van der Waals surface area contributed by atoms with Gasteiger partial charge in [-0.05, 0) is 37.7 Å². The molecule has 1 saturated heterocycles. The second kappa shape index (κ2) is 7.25. The van der Waals surface area contributed by atoms with Crippen LogP contribution in [0, 0.1) is 5.92 Å². The van der Waals surface area contributed by atoms with E-state index in [4.69, 9.17) is 14.2 Å². The number of rotatable bonds is 7. The third-order valence-corrected chi connectivity index (χ3v) is 4.13. The Morgan fingerprint density at radius 3 is 2.62 bits per heavy atom. The lowest BCUT2D eigenvalue weighted by Gasteiger charge is -2.28. The lowest BCUT2D eigenvalue weighted by molar-refractivity contribution is -0.0854. The lowest BCUT2D eigenvalue weighted by atomic mass is 10.1. The molecule has 1 aromatic carbocycles. The van der Waals surface area contributed by atoms with Crippen LogP contribution in [-0.4, -0.2) is 37.6 Å². The predicted octanol–water partition coefficient (Wildman–Crippen LogP) is 2.70. The average molecular weight is 292 g/mol. The van der Waals surface area contributed by atoms with E-state index in [9.17, 15) is 5.11 Å². The second-order valence-corrected chi connectivity index (χ2v) is 5.91. The van der Waals surface area contributed by atoms with Crippen molar-refractivity contribution in [2.24, 2.45) is 5.92 Å². The quantitative estimate of drug-likeness (QED) is 0.839. The molecule has 2 aliphatic rings. The van der Waals surface area contributed by atoms with Gasteiger partial charge in [-0.1, -0.05) is 18.2 Å². The summed E-state index contributed by atoms with van der Waals surface area (Å²) >= 11 is 0. The van der Waals surface area contributed by atoms with E-state index in [1.807, 2.05) is 24.3 Å². The number of para-hydroxylation sites is 1. The third-order valence-electron chi connectivity index (χ3n) is 4.13. The van der Waals surface area contributed by atoms with Gasteiger partial charge in [-0.25, -0.2) is 0 Å². The Bertz CT molecular complexity index is 438. The smallest absolute Gasteiger partial charge is 0.125 e. The third kappa shape index (κ3) is 4.19. The van der Waals surface area contributed by atoms with Gasteiger partial charge < -0.3 is 19.3 Å². The van der Waals surface area contributed by atoms with Crippen molar-refractivity contribution in [1.29, 1.82) is 0 Å². The summed E-state index contributed by atoms with van der Waals surface area (Å²) in [5, 5.41) is 9.71. The molecule has 0 aromatic heterocycles. The van der Waals surface area contributed by atoms with Crippen LogP contribution in [0.3, 0.4) is 0 Å². The average Bonchev–Trinajstić information content (AvgIpc) is 3.36. The summed E-state index contributed by atoms with van der Waals surface area (Å²) in [6.45, 7) is 2.22. The van der Waals surface area contributed by atoms with Crippen molar-refractivity contribution in [3.05, 3.63) is 29.8 Å². The monoisotopic (exact) mass is 292 g/mol. The minimum atomic E-state index is -0.316. The molecule has 1 atom stereocenters. The van der Waals surface area contributed by atoms with Gasteiger partial charge in [0.05, 0.1) is 19.3 Å². The molecule has 1 N–H and O–H groups in total. The highest BCUT2D eigenvalue weighted by Gasteiger charge is 2.25. The lowest BCUT2D eigenvalue weighted by Crippen LogP contribution is -2.26. The normalized spacial score (nSPS) is 21.2. The Morgan fingerprint density at radius 1 is 1.14 bits per heavy atom. The van der Waals surface area contributed by atoms with E-state index in [-0.39, 0.29) is 18.8 Å². The van der Waals surface area contributed by atoms with Gasteiger partial charge in [0.25, 0.3) is 0 Å². The Kier molecular flexibility index (Phi) is 5.12. The number of aliphatic hydroxyl groups is 1. The van der Waals surface area contributed by atoms with Crippen molar-refractivity contribution in [1.82, 2.24) is 0 Å². The van der Waals surface area contributed by atoms with E-state index in [0.717, 1.165) is 44.0 Å². The number of ether oxygens (including phenoxy) is 3. The summed E-state index contributed by atoms with van der Waals surface area (Å²) in [6.07, 6.45) is 4.16. The molecule has 1 aliphatic carbocycles. The van der Waals surface area contributed by atoms with Crippen LogP contribution in [-0.2, 0) is 9.47 Å². The Hall–Kier alpha value is -1.10. The zero-order chi connectivity index (χ0) is 14.5. The zero-order valence-electron chi connectivity index (χ0n) is 12.4. The van der Waals surface area contributed by atoms with Gasteiger partial charge in [0.2, 0.25) is 0 Å². The fourth-order valence-electron chi connectivity index (χ4n) is 2.63. The van der Waals surface area contributed by atoms with Crippen LogP contribution in [0.2, 0.25) is 0 Å². The van der Waals surface area contributed by atoms with Crippen molar-refractivity contribution < 1.29 is 19.3 Å². The first-order valence-corrected chi connectivity index (χ1v) is 7.92. The van der Waals surface area contributed by atoms with E-state index in [1.165, 1.54) is 12.8 Å². The molecule has 116 valence electrons. The van der Waals surface area contributed by atoms with Crippen LogP contribution in [0.25, 0.3) is 0 Å². The summed E-state index contributed by atoms with van der Waals surface area (Å²) < 4.78 is 17.3. The second-order valence-electron chi connectivity index (χ2n) is 5.91. The number of aliphatic hydroxyl groups excluding tert-OH is 1. The van der Waals surface area contributed by atoms with Gasteiger partial charge in [0.1, 0.15) is 11.9 Å². The SMILES string of the molecule is OCC(OC1CCOCC1)c1ccccc1OCC1CC1. The molecule has 0 amide bonds. The van der Waals surface area contributed by atoms with Gasteiger partial charge in [0, 0.05) is 18.8 Å². The minimum absolute atomic E-state index is 0.0266. The highest BCUT2D eigenvalue weighted by atomic mass is 16.5. The summed E-state index contributed by atoms with van der Waals surface area (Å²) in [5.74, 6) is 1.55. The molecule has 1 unspecified atom stereocenters. The molecule has 1 saturated carbocycles. The number of hydrogen-bond acceptors (Lipinski definition) is 4. The first-order valence-electron chi connectivity index (χ1n) is 7.92. The molecule has 1 heterocycles. The number of benzene rings is 1. The van der Waals surface area contributed by atoms with E-state index < -0.39 is 0 Å². The maximum Gasteiger partial charge on any atom is 0.125 e. The van der Waals surface area contributed by atoms with Crippen LogP contribution < -0.4 is 4.74 Å². The fourth-order valence-corrected chi connectivity index (χ4v) is 2.63. The molecule has 1 aliphatic heterocycles. The van der Waals surface area contributed by atoms with Gasteiger partial charge >= 0.3 is 0 Å². The van der Waals surface area contributed by atoms with E-state index in [2.05, 4.69) is 0 Å². The molecule has 0 spiro atoms. The summed E-state index contributed by atoms with van der Waals surface area (Å²) in [4.78, 5) is 0. The molecule has 4 heteroatoms. The maximum absolute atomic E-state index is 9.71. The molecule has 0 radical (unpaired) electrons. The summed E-state index contributed by atoms with van der Waals surface area (Å²) in [7, 11) is 0. The van der Waals surface area contributed by atoms with Crippen LogP contribution >= 0.6 is 0 Å². The molecule has 3 rings (SSSR count). The summed E-state index contributed by atoms with van der Waals surface area (Å²) in [6, 6.07) is 7.89. The molecular formula is C17H24O4. The van der Waals surface area contributed by atoms with Crippen molar-refractivity contribution >= 4 is 0 Å². The van der Waals surface area contributed by atoms with Crippen LogP contribution in [0.4, 0.5) is 0 Å². The first-order chi connectivity index (χ1) is 10.4. The van der Waals surface area contributed by atoms with Gasteiger partial charge in [-0.2, -0.15) is 0 Å². The van der Waals surface area contributed by atoms with Crippen LogP contribution in [0.1, 0.15) is 37.4 Å². The Morgan fingerprint density at radius 2 is 1.90 bits per heavy atom. The van der Waals surface area contributed by atoms with Gasteiger partial charge in [0.15, 0.2) is 0 Å². The van der Waals surface area contributed by atoms with Crippen molar-refractivity contribution in [2.75, 3.05) is 26.4 Å². The predicted molar refractivity (Wildman–Crippen MR) is 79.4 cm³/mol. The first kappa shape index (κ1) is 14.8. The van der Waals surface area contributed by atoms with E-state index in [1.54, 1.807) is 0 Å². The van der Waals surface area contributed by atoms with Gasteiger partial charge in [-0.3, -0.25) is 0 Å². The topological polar surface area (TPSA) is 47.9 Å². The van der Waals surface area contributed by atoms with Crippen LogP contribution in [0.5, 0.6) is 5.75 Å². The minimum Gasteiger partial charge on any atom is -0.493 e. The molecule has 2 fully saturated rings. The van der Waals surface area contributed by atoms with Crippen molar-refractivity contribution in [3.63, 3.8) is 0 Å². The largest absolute Gasteiger partial charge is 0.493 e. The Labute approximate surface area is 126 Å². The molecular weight excluding hydrogens is 268 g/mol. The zero-order valence-corrected chi connectivity index (χ0v) is 12.4. The van der Waals surface area contributed by atoms with Crippen LogP contribution in [0.15, 0.2) is 24.3 Å². The fraction of sp³-hybridized carbons (Fsp3) is 0.647. The molecule has 4 nitrogen and oxygen atoms in total. The standard InChI is InChI=1S/C17H24O4/c18-11-17(21-14-7-9-19-10-8-14)15-3-1-2-4-16(15)20-12-13-5-6-13/h1-4,13-14,17-18H,5-12H2. The molecule has 1 aromatic rings. The Balaban J connectivity index is 1.66. The van der Waals surface area contributed by atoms with E-state index in [0.29, 0.717) is 5.92 Å². The summed E-state index contributed by atoms with van der Waals surface area (Å²) in [5.41, 5.74) is 0.951. The molecule has 21 heavy (non-hydrogen) atoms. The maximum atomic E-state index is 9.71. The van der Waals surface area contributed by atoms with Gasteiger partial charge in [-0.15, -0.1) is 0 Å².